The Morgan fingerprint density at radius 1 is 1.20 bits per heavy atom. The number of rotatable bonds is 4. The van der Waals surface area contributed by atoms with Crippen molar-refractivity contribution < 1.29 is 13.2 Å². The molecule has 6 nitrogen and oxygen atoms in total. The molecule has 0 aromatic carbocycles. The van der Waals surface area contributed by atoms with Crippen molar-refractivity contribution in [3.05, 3.63) is 0 Å². The topological polar surface area (TPSA) is 92.5 Å². The zero-order chi connectivity index (χ0) is 15.8. The molecule has 1 rings (SSSR count). The summed E-state index contributed by atoms with van der Waals surface area (Å²) in [6.07, 6.45) is 2.43. The van der Waals surface area contributed by atoms with Crippen molar-refractivity contribution in [1.29, 1.82) is 0 Å². The van der Waals surface area contributed by atoms with Crippen LogP contribution in [-0.2, 0) is 14.8 Å². The molecule has 0 bridgehead atoms. The van der Waals surface area contributed by atoms with Crippen LogP contribution in [0.15, 0.2) is 0 Å². The van der Waals surface area contributed by atoms with Gasteiger partial charge in [0.2, 0.25) is 15.9 Å². The molecule has 0 atom stereocenters. The zero-order valence-electron chi connectivity index (χ0n) is 13.1. The monoisotopic (exact) mass is 305 g/mol. The van der Waals surface area contributed by atoms with Crippen LogP contribution >= 0.6 is 0 Å². The van der Waals surface area contributed by atoms with Crippen molar-refractivity contribution in [2.45, 2.75) is 52.1 Å². The van der Waals surface area contributed by atoms with Crippen LogP contribution in [0, 0.1) is 5.41 Å². The van der Waals surface area contributed by atoms with E-state index in [0.29, 0.717) is 25.9 Å². The van der Waals surface area contributed by atoms with E-state index in [1.54, 1.807) is 4.90 Å². The van der Waals surface area contributed by atoms with E-state index in [-0.39, 0.29) is 11.9 Å². The number of carbonyl (C=O) groups is 1. The maximum atomic E-state index is 12.6. The molecule has 20 heavy (non-hydrogen) atoms. The zero-order valence-corrected chi connectivity index (χ0v) is 13.9. The Morgan fingerprint density at radius 2 is 1.65 bits per heavy atom. The van der Waals surface area contributed by atoms with E-state index in [0.717, 1.165) is 6.26 Å². The summed E-state index contributed by atoms with van der Waals surface area (Å²) >= 11 is 0. The van der Waals surface area contributed by atoms with Crippen molar-refractivity contribution in [2.75, 3.05) is 19.3 Å². The number of nitrogens with two attached hydrogens (primary N) is 1. The molecule has 1 fully saturated rings. The smallest absolute Gasteiger partial charge is 0.230 e. The second-order valence-corrected chi connectivity index (χ2v) is 8.58. The normalized spacial score (nSPS) is 19.2. The van der Waals surface area contributed by atoms with Gasteiger partial charge in [-0.25, -0.2) is 13.1 Å². The second-order valence-electron chi connectivity index (χ2n) is 6.80. The summed E-state index contributed by atoms with van der Waals surface area (Å²) in [5.41, 5.74) is 4.84. The van der Waals surface area contributed by atoms with E-state index < -0.39 is 21.0 Å². The molecule has 1 heterocycles. The molecule has 0 spiro atoms. The summed E-state index contributed by atoms with van der Waals surface area (Å²) < 4.78 is 25.0. The molecule has 0 aromatic rings. The molecule has 1 aliphatic rings. The lowest BCUT2D eigenvalue weighted by Gasteiger charge is -2.42. The number of nitrogens with one attached hydrogen (secondary N) is 1. The molecular formula is C13H27N3O3S. The minimum absolute atomic E-state index is 0.0304. The number of sulfonamides is 1. The number of likely N-dealkylation sites (tertiary alicyclic amines) is 1. The predicted octanol–water partition coefficient (Wildman–Crippen LogP) is 0.290. The number of carbonyl (C=O) groups excluding carboxylic acids is 1. The van der Waals surface area contributed by atoms with Gasteiger partial charge in [0.05, 0.1) is 11.7 Å². The lowest BCUT2D eigenvalue weighted by atomic mass is 9.74. The fourth-order valence-corrected chi connectivity index (χ4v) is 3.02. The quantitative estimate of drug-likeness (QED) is 0.781. The van der Waals surface area contributed by atoms with Crippen LogP contribution in [0.4, 0.5) is 0 Å². The van der Waals surface area contributed by atoms with Crippen molar-refractivity contribution >= 4 is 15.9 Å². The van der Waals surface area contributed by atoms with Crippen molar-refractivity contribution in [3.8, 4) is 0 Å². The third-order valence-corrected chi connectivity index (χ3v) is 5.07. The van der Waals surface area contributed by atoms with Gasteiger partial charge in [0.15, 0.2) is 0 Å². The van der Waals surface area contributed by atoms with Crippen LogP contribution in [0.2, 0.25) is 0 Å². The molecule has 0 saturated carbocycles. The molecule has 0 radical (unpaired) electrons. The van der Waals surface area contributed by atoms with Crippen molar-refractivity contribution in [1.82, 2.24) is 9.62 Å². The lowest BCUT2D eigenvalue weighted by molar-refractivity contribution is -0.144. The summed E-state index contributed by atoms with van der Waals surface area (Å²) in [5, 5.41) is 0. The molecule has 7 heteroatoms. The van der Waals surface area contributed by atoms with E-state index in [4.69, 9.17) is 5.73 Å². The van der Waals surface area contributed by atoms with Gasteiger partial charge in [-0.15, -0.1) is 0 Å². The Morgan fingerprint density at radius 3 is 2.00 bits per heavy atom. The fraction of sp³-hybridized carbons (Fsp3) is 0.923. The number of amides is 1. The van der Waals surface area contributed by atoms with Crippen LogP contribution in [0.3, 0.4) is 0 Å². The Bertz CT molecular complexity index is 458. The SMILES string of the molecule is CC(C)(N)C(C)(C)C(=O)N1CCC(NS(C)(=O)=O)CC1. The number of piperidine rings is 1. The van der Waals surface area contributed by atoms with Gasteiger partial charge >= 0.3 is 0 Å². The van der Waals surface area contributed by atoms with Gasteiger partial charge in [-0.1, -0.05) is 0 Å². The van der Waals surface area contributed by atoms with Crippen LogP contribution < -0.4 is 10.5 Å². The molecule has 3 N–H and O–H groups in total. The van der Waals surface area contributed by atoms with Gasteiger partial charge in [0, 0.05) is 24.7 Å². The number of hydrogen-bond donors (Lipinski definition) is 2. The minimum atomic E-state index is -3.19. The summed E-state index contributed by atoms with van der Waals surface area (Å²) in [5.74, 6) is 0.0304. The number of nitrogens with zero attached hydrogens (tertiary/aromatic N) is 1. The molecular weight excluding hydrogens is 278 g/mol. The first-order valence-corrected chi connectivity index (χ1v) is 8.79. The van der Waals surface area contributed by atoms with Crippen molar-refractivity contribution in [3.63, 3.8) is 0 Å². The van der Waals surface area contributed by atoms with E-state index in [9.17, 15) is 13.2 Å². The van der Waals surface area contributed by atoms with Crippen LogP contribution in [0.5, 0.6) is 0 Å². The minimum Gasteiger partial charge on any atom is -0.342 e. The summed E-state index contributed by atoms with van der Waals surface area (Å²) in [7, 11) is -3.19. The lowest BCUT2D eigenvalue weighted by Crippen LogP contribution is -2.58. The molecule has 1 saturated heterocycles. The number of hydrogen-bond acceptors (Lipinski definition) is 4. The summed E-state index contributed by atoms with van der Waals surface area (Å²) in [6, 6.07) is -0.0805. The van der Waals surface area contributed by atoms with Gasteiger partial charge in [-0.2, -0.15) is 0 Å². The van der Waals surface area contributed by atoms with E-state index >= 15 is 0 Å². The Balaban J connectivity index is 2.64. The van der Waals surface area contributed by atoms with E-state index in [1.165, 1.54) is 0 Å². The molecule has 1 aliphatic heterocycles. The van der Waals surface area contributed by atoms with Gasteiger partial charge < -0.3 is 10.6 Å². The van der Waals surface area contributed by atoms with Gasteiger partial charge in [-0.05, 0) is 40.5 Å². The first-order chi connectivity index (χ1) is 8.84. The average Bonchev–Trinajstić information content (AvgIpc) is 2.25. The first kappa shape index (κ1) is 17.4. The van der Waals surface area contributed by atoms with Gasteiger partial charge in [-0.3, -0.25) is 4.79 Å². The summed E-state index contributed by atoms with van der Waals surface area (Å²) in [6.45, 7) is 8.54. The van der Waals surface area contributed by atoms with E-state index in [2.05, 4.69) is 4.72 Å². The highest BCUT2D eigenvalue weighted by molar-refractivity contribution is 7.88. The Labute approximate surface area is 122 Å². The fourth-order valence-electron chi connectivity index (χ4n) is 2.17. The highest BCUT2D eigenvalue weighted by atomic mass is 32.2. The second kappa shape index (κ2) is 5.61. The molecule has 0 aromatic heterocycles. The largest absolute Gasteiger partial charge is 0.342 e. The molecule has 0 aliphatic carbocycles. The maximum Gasteiger partial charge on any atom is 0.230 e. The molecule has 118 valence electrons. The summed E-state index contributed by atoms with van der Waals surface area (Å²) in [4.78, 5) is 14.4. The predicted molar refractivity (Wildman–Crippen MR) is 79.6 cm³/mol. The Hall–Kier alpha value is -0.660. The third kappa shape index (κ3) is 4.17. The van der Waals surface area contributed by atoms with Crippen LogP contribution in [0.25, 0.3) is 0 Å². The standard InChI is InChI=1S/C13H27N3O3S/c1-12(2,13(3,4)14)11(17)16-8-6-10(7-9-16)15-20(5,18)19/h10,15H,6-9,14H2,1-5H3. The van der Waals surface area contributed by atoms with Gasteiger partial charge in [0.1, 0.15) is 0 Å². The highest BCUT2D eigenvalue weighted by Crippen LogP contribution is 2.31. The van der Waals surface area contributed by atoms with Crippen LogP contribution in [0.1, 0.15) is 40.5 Å². The van der Waals surface area contributed by atoms with E-state index in [1.807, 2.05) is 27.7 Å². The van der Waals surface area contributed by atoms with Gasteiger partial charge in [0.25, 0.3) is 0 Å². The Kier molecular flexibility index (Phi) is 4.88. The van der Waals surface area contributed by atoms with Crippen molar-refractivity contribution in [2.24, 2.45) is 11.1 Å². The van der Waals surface area contributed by atoms with Crippen LogP contribution in [-0.4, -0.2) is 50.2 Å². The molecule has 1 amide bonds. The third-order valence-electron chi connectivity index (χ3n) is 4.31. The average molecular weight is 305 g/mol. The highest BCUT2D eigenvalue weighted by Gasteiger charge is 2.43. The first-order valence-electron chi connectivity index (χ1n) is 6.90. The maximum absolute atomic E-state index is 12.6. The molecule has 0 unspecified atom stereocenters.